The van der Waals surface area contributed by atoms with Gasteiger partial charge in [0.1, 0.15) is 62.4 Å². The minimum atomic E-state index is -4.84. The Bertz CT molecular complexity index is 4100. The topological polar surface area (TPSA) is 163 Å². The maximum atomic E-state index is 13.2. The molecule has 6 unspecified atom stereocenters. The van der Waals surface area contributed by atoms with Crippen LogP contribution in [0.4, 0.5) is 105 Å². The van der Waals surface area contributed by atoms with Crippen LogP contribution in [0.5, 0.6) is 0 Å². The van der Waals surface area contributed by atoms with Crippen molar-refractivity contribution < 1.29 is 130 Å². The van der Waals surface area contributed by atoms with Crippen molar-refractivity contribution in [2.24, 2.45) is 10.8 Å². The number of halogens is 26. The largest absolute Gasteiger partial charge is 0.417 e. The first kappa shape index (κ1) is 88.2. The molecule has 6 aromatic rings. The van der Waals surface area contributed by atoms with Gasteiger partial charge in [0.15, 0.2) is 11.6 Å². The lowest BCUT2D eigenvalue weighted by Gasteiger charge is -2.34. The van der Waals surface area contributed by atoms with Crippen LogP contribution >= 0.6 is 27.5 Å². The molecule has 5 saturated carbocycles. The number of hydrogen-bond donors (Lipinski definition) is 2. The van der Waals surface area contributed by atoms with Gasteiger partial charge in [0.2, 0.25) is 0 Å². The number of alkyl halides is 19. The third-order valence-electron chi connectivity index (χ3n) is 18.4. The van der Waals surface area contributed by atoms with E-state index in [9.17, 15) is 130 Å². The summed E-state index contributed by atoms with van der Waals surface area (Å²) in [5, 5.41) is 13.2. The van der Waals surface area contributed by atoms with Crippen LogP contribution in [0.25, 0.3) is 10.4 Å². The molecule has 0 radical (unpaired) electrons. The first-order valence-electron chi connectivity index (χ1n) is 32.7. The van der Waals surface area contributed by atoms with Crippen molar-refractivity contribution in [1.29, 1.82) is 0 Å². The Morgan fingerprint density at radius 1 is 0.421 bits per heavy atom. The van der Waals surface area contributed by atoms with Crippen LogP contribution in [-0.2, 0) is 72.2 Å². The van der Waals surface area contributed by atoms with Gasteiger partial charge < -0.3 is 10.8 Å². The summed E-state index contributed by atoms with van der Waals surface area (Å²) >= 11 is 8.82. The fraction of sp³-hybridized carbons (Fsp3) is 0.444. The number of aliphatic hydroxyl groups excluding tert-OH is 1. The fourth-order valence-electron chi connectivity index (χ4n) is 13.2. The standard InChI is InChI=1S/C13H11ClF4O.C13H11F4N3O.C13H13F4NO.C13H14F4O.C13H12F4O.C7H3BrF4/c14-12(6-2-1-3-11(12)19)9-5-4-8(15)7-10(9)13(16,17)18;14-8-4-5-9(10(7-8)13(15,16)17)12(19-20-18)6-2-1-3-11(12)21;14-8-4-5-9(10(7-8)13(15,16)17)12(18)6-2-1-3-11(12)19;2*14-8-5-6-9(11(7-8)13(15,16)17)10-3-1-2-4-12(10)18;8-6-2-1-4(9)3-5(6)7(10,11)12/h4-5,7H,1-3,6H2;4-5,7H,1-3,6H2;4-5,7H,1-3,6,18H2;5-7,10,12,18H,1-4H2;5-7,10H,1-4H2;1-3H. The van der Waals surface area contributed by atoms with Gasteiger partial charge in [-0.1, -0.05) is 89.9 Å². The third-order valence-corrected chi connectivity index (χ3v) is 19.7. The van der Waals surface area contributed by atoms with Gasteiger partial charge in [0, 0.05) is 46.9 Å². The lowest BCUT2D eigenvalue weighted by Crippen LogP contribution is -2.48. The van der Waals surface area contributed by atoms with Gasteiger partial charge in [-0.25, -0.2) is 26.3 Å². The van der Waals surface area contributed by atoms with Crippen molar-refractivity contribution in [1.82, 2.24) is 0 Å². The number of nitrogens with two attached hydrogens (primary N) is 1. The average Bonchev–Trinajstić information content (AvgIpc) is 0.866. The minimum Gasteiger partial charge on any atom is -0.392 e. The highest BCUT2D eigenvalue weighted by Gasteiger charge is 2.50. The number of carbonyl (C=O) groups is 4. The lowest BCUT2D eigenvalue weighted by atomic mass is 9.74. The van der Waals surface area contributed by atoms with Crippen LogP contribution in [0.2, 0.25) is 0 Å². The molecule has 9 nitrogen and oxygen atoms in total. The summed E-state index contributed by atoms with van der Waals surface area (Å²) in [5.41, 5.74) is 3.20. The summed E-state index contributed by atoms with van der Waals surface area (Å²) in [5.74, 6) is -8.69. The molecule has 6 atom stereocenters. The fourth-order valence-corrected chi connectivity index (χ4v) is 14.0. The second kappa shape index (κ2) is 35.8. The van der Waals surface area contributed by atoms with E-state index in [1.165, 1.54) is 0 Å². The van der Waals surface area contributed by atoms with E-state index in [2.05, 4.69) is 26.0 Å². The van der Waals surface area contributed by atoms with Gasteiger partial charge in [-0.05, 0) is 176 Å². The monoisotopic (exact) mass is 1630 g/mol. The predicted molar refractivity (Wildman–Crippen MR) is 344 cm³/mol. The molecule has 0 heterocycles. The Labute approximate surface area is 608 Å². The number of aliphatic hydroxyl groups is 1. The van der Waals surface area contributed by atoms with Crippen LogP contribution < -0.4 is 5.73 Å². The molecule has 35 heteroatoms. The van der Waals surface area contributed by atoms with Crippen LogP contribution in [0.1, 0.15) is 201 Å². The van der Waals surface area contributed by atoms with Crippen molar-refractivity contribution >= 4 is 50.7 Å². The molecule has 0 amide bonds. The van der Waals surface area contributed by atoms with Gasteiger partial charge in [0.25, 0.3) is 0 Å². The highest BCUT2D eigenvalue weighted by atomic mass is 79.9. The normalized spacial score (nSPS) is 22.3. The number of carbonyl (C=O) groups excluding carboxylic acids is 4. The number of azide groups is 1. The van der Waals surface area contributed by atoms with E-state index < -0.39 is 162 Å². The van der Waals surface area contributed by atoms with Gasteiger partial charge in [-0.15, -0.1) is 11.6 Å². The summed E-state index contributed by atoms with van der Waals surface area (Å²) in [7, 11) is 0. The second-order valence-electron chi connectivity index (χ2n) is 25.6. The first-order chi connectivity index (χ1) is 49.5. The summed E-state index contributed by atoms with van der Waals surface area (Å²) in [6.07, 6.45) is -20.0. The summed E-state index contributed by atoms with van der Waals surface area (Å²) in [6, 6.07) is 14.2. The average molecular weight is 1640 g/mol. The van der Waals surface area contributed by atoms with E-state index in [-0.39, 0.29) is 71.0 Å². The van der Waals surface area contributed by atoms with Crippen LogP contribution in [0.15, 0.2) is 119 Å². The molecule has 0 aromatic heterocycles. The van der Waals surface area contributed by atoms with Crippen molar-refractivity contribution in [2.75, 3.05) is 0 Å². The Balaban J connectivity index is 0.000000202. The number of nitrogens with zero attached hydrogens (tertiary/aromatic N) is 3. The summed E-state index contributed by atoms with van der Waals surface area (Å²) in [6.45, 7) is 0. The van der Waals surface area contributed by atoms with E-state index in [4.69, 9.17) is 22.9 Å². The Kier molecular flexibility index (Phi) is 29.5. The minimum absolute atomic E-state index is 0.00932. The molecule has 3 N–H and O–H groups in total. The molecule has 5 fully saturated rings. The van der Waals surface area contributed by atoms with Crippen LogP contribution in [0.3, 0.4) is 0 Å². The van der Waals surface area contributed by atoms with E-state index in [1.807, 2.05) is 0 Å². The predicted octanol–water partition coefficient (Wildman–Crippen LogP) is 23.6. The molecule has 107 heavy (non-hydrogen) atoms. The van der Waals surface area contributed by atoms with E-state index in [0.29, 0.717) is 101 Å². The van der Waals surface area contributed by atoms with E-state index in [1.54, 1.807) is 0 Å². The Morgan fingerprint density at radius 3 is 1.23 bits per heavy atom. The van der Waals surface area contributed by atoms with E-state index >= 15 is 0 Å². The van der Waals surface area contributed by atoms with Gasteiger partial charge in [-0.2, -0.15) is 79.0 Å². The smallest absolute Gasteiger partial charge is 0.392 e. The number of ketones is 4. The van der Waals surface area contributed by atoms with Gasteiger partial charge in [-0.3, -0.25) is 19.2 Å². The van der Waals surface area contributed by atoms with Crippen molar-refractivity contribution in [3.8, 4) is 0 Å². The second-order valence-corrected chi connectivity index (χ2v) is 27.1. The molecular formula is C72H64BrClF24N4O5. The van der Waals surface area contributed by atoms with Crippen LogP contribution in [0, 0.1) is 34.9 Å². The van der Waals surface area contributed by atoms with Crippen molar-refractivity contribution in [2.45, 2.75) is 199 Å². The van der Waals surface area contributed by atoms with Gasteiger partial charge in [0.05, 0.1) is 39.5 Å². The molecule has 6 aromatic carbocycles. The van der Waals surface area contributed by atoms with Gasteiger partial charge >= 0.3 is 37.1 Å². The molecule has 0 aliphatic heterocycles. The number of benzene rings is 6. The summed E-state index contributed by atoms with van der Waals surface area (Å²) in [4.78, 5) is 48.5. The quantitative estimate of drug-likeness (QED) is 0.0554. The molecule has 0 spiro atoms. The lowest BCUT2D eigenvalue weighted by molar-refractivity contribution is -0.141. The third kappa shape index (κ3) is 22.7. The SMILES string of the molecule is Fc1ccc(Br)c(C(F)(F)F)c1.NC1(c2ccc(F)cc2C(F)(F)F)CCCCC1=O.O=C1CCCCC1(Cl)c1ccc(F)cc1C(F)(F)F.O=C1CCCCC1c1ccc(F)cc1C(F)(F)F.OC1CCCCC1c1ccc(F)cc1C(F)(F)F.[N-]=[N+]=NC1(c2ccc(F)cc2C(F)(F)F)CCCCC1=O. The zero-order chi connectivity index (χ0) is 80.2. The molecule has 5 aliphatic rings. The number of hydrogen-bond acceptors (Lipinski definition) is 7. The van der Waals surface area contributed by atoms with Crippen LogP contribution in [-0.4, -0.2) is 34.3 Å². The molecule has 584 valence electrons. The maximum Gasteiger partial charge on any atom is 0.417 e. The van der Waals surface area contributed by atoms with Crippen molar-refractivity contribution in [3.63, 3.8) is 0 Å². The Morgan fingerprint density at radius 2 is 0.785 bits per heavy atom. The highest BCUT2D eigenvalue weighted by molar-refractivity contribution is 9.10. The molecule has 0 saturated heterocycles. The summed E-state index contributed by atoms with van der Waals surface area (Å²) < 4.78 is 308. The zero-order valence-electron chi connectivity index (χ0n) is 55.6. The zero-order valence-corrected chi connectivity index (χ0v) is 57.9. The number of Topliss-reactive ketones (excluding diaryl/α,β-unsaturated/α-hetero) is 4. The Hall–Kier alpha value is -7.68. The highest BCUT2D eigenvalue weighted by Crippen LogP contribution is 2.49. The molecule has 5 aliphatic carbocycles. The molecule has 0 bridgehead atoms. The number of rotatable bonds is 6. The van der Waals surface area contributed by atoms with Crippen molar-refractivity contribution in [3.05, 3.63) is 220 Å². The molecule has 11 rings (SSSR count). The molecular weight excluding hydrogens is 1570 g/mol. The first-order valence-corrected chi connectivity index (χ1v) is 33.9. The van der Waals surface area contributed by atoms with E-state index in [0.717, 1.165) is 98.5 Å². The maximum absolute atomic E-state index is 13.2.